The van der Waals surface area contributed by atoms with Gasteiger partial charge in [-0.15, -0.1) is 0 Å². The first-order chi connectivity index (χ1) is 9.17. The molecule has 0 spiro atoms. The molecule has 0 saturated carbocycles. The van der Waals surface area contributed by atoms with Crippen molar-refractivity contribution >= 4 is 5.91 Å². The topological polar surface area (TPSA) is 45.2 Å². The minimum Gasteiger partial charge on any atom is -0.358 e. The van der Waals surface area contributed by atoms with Gasteiger partial charge >= 0.3 is 0 Å². The number of nitrogens with one attached hydrogen (secondary N) is 1. The minimum absolute atomic E-state index is 0.114. The molecule has 0 aromatic carbocycles. The molecule has 2 heterocycles. The predicted octanol–water partition coefficient (Wildman–Crippen LogP) is 1.39. The van der Waals surface area contributed by atoms with Crippen LogP contribution in [0.1, 0.15) is 24.1 Å². The Morgan fingerprint density at radius 1 is 1.47 bits per heavy atom. The molecule has 0 atom stereocenters. The van der Waals surface area contributed by atoms with Crippen LogP contribution < -0.4 is 5.32 Å². The van der Waals surface area contributed by atoms with Crippen molar-refractivity contribution in [3.8, 4) is 0 Å². The van der Waals surface area contributed by atoms with E-state index in [0.29, 0.717) is 6.54 Å². The summed E-state index contributed by atoms with van der Waals surface area (Å²) in [6.07, 6.45) is 5.39. The lowest BCUT2D eigenvalue weighted by Crippen LogP contribution is -2.40. The number of rotatable bonds is 4. The van der Waals surface area contributed by atoms with Crippen molar-refractivity contribution in [2.75, 3.05) is 26.7 Å². The molecule has 1 amide bonds. The largest absolute Gasteiger partial charge is 0.358 e. The Labute approximate surface area is 115 Å². The van der Waals surface area contributed by atoms with Gasteiger partial charge in [0.2, 0.25) is 5.91 Å². The highest BCUT2D eigenvalue weighted by Crippen LogP contribution is 2.21. The Kier molecular flexibility index (Phi) is 4.91. The summed E-state index contributed by atoms with van der Waals surface area (Å²) in [4.78, 5) is 17.8. The Balaban J connectivity index is 1.79. The molecule has 2 rings (SSSR count). The average Bonchev–Trinajstić information content (AvgIpc) is 2.41. The maximum atomic E-state index is 11.3. The standard InChI is InChI=1S/C15H23N3O/c1-12-9-14(3-6-17-12)10-13-4-7-18(8-5-13)11-15(19)16-2/h3,6,9,13H,4-5,7-8,10-11H2,1-2H3,(H,16,19). The smallest absolute Gasteiger partial charge is 0.233 e. The zero-order valence-electron chi connectivity index (χ0n) is 11.9. The van der Waals surface area contributed by atoms with Crippen LogP contribution in [0.15, 0.2) is 18.3 Å². The van der Waals surface area contributed by atoms with E-state index in [9.17, 15) is 4.79 Å². The summed E-state index contributed by atoms with van der Waals surface area (Å²) in [6, 6.07) is 4.29. The number of hydrogen-bond acceptors (Lipinski definition) is 3. The maximum Gasteiger partial charge on any atom is 0.233 e. The predicted molar refractivity (Wildman–Crippen MR) is 75.9 cm³/mol. The molecule has 4 heteroatoms. The Morgan fingerprint density at radius 3 is 2.84 bits per heavy atom. The molecule has 1 aromatic rings. The number of likely N-dealkylation sites (tertiary alicyclic amines) is 1. The molecule has 1 N–H and O–H groups in total. The van der Waals surface area contributed by atoms with Gasteiger partial charge in [-0.1, -0.05) is 0 Å². The summed E-state index contributed by atoms with van der Waals surface area (Å²) in [5.74, 6) is 0.853. The minimum atomic E-state index is 0.114. The van der Waals surface area contributed by atoms with Gasteiger partial charge in [-0.2, -0.15) is 0 Å². The Morgan fingerprint density at radius 2 is 2.21 bits per heavy atom. The first kappa shape index (κ1) is 14.0. The molecule has 0 radical (unpaired) electrons. The van der Waals surface area contributed by atoms with E-state index in [-0.39, 0.29) is 5.91 Å². The molecule has 4 nitrogen and oxygen atoms in total. The van der Waals surface area contributed by atoms with E-state index >= 15 is 0 Å². The maximum absolute atomic E-state index is 11.3. The van der Waals surface area contributed by atoms with Crippen LogP contribution in [-0.4, -0.2) is 42.5 Å². The second-order valence-electron chi connectivity index (χ2n) is 5.40. The van der Waals surface area contributed by atoms with Gasteiger partial charge in [0.25, 0.3) is 0 Å². The zero-order valence-corrected chi connectivity index (χ0v) is 11.9. The average molecular weight is 261 g/mol. The number of aromatic nitrogens is 1. The van der Waals surface area contributed by atoms with Crippen molar-refractivity contribution in [1.29, 1.82) is 0 Å². The molecule has 1 saturated heterocycles. The number of amides is 1. The van der Waals surface area contributed by atoms with E-state index < -0.39 is 0 Å². The highest BCUT2D eigenvalue weighted by molar-refractivity contribution is 5.77. The summed E-state index contributed by atoms with van der Waals surface area (Å²) < 4.78 is 0. The van der Waals surface area contributed by atoms with Gasteiger partial charge in [0.15, 0.2) is 0 Å². The van der Waals surface area contributed by atoms with Crippen LogP contribution in [0.5, 0.6) is 0 Å². The van der Waals surface area contributed by atoms with Crippen LogP contribution >= 0.6 is 0 Å². The molecule has 0 aliphatic carbocycles. The van der Waals surface area contributed by atoms with Gasteiger partial charge in [0.05, 0.1) is 6.54 Å². The van der Waals surface area contributed by atoms with Crippen molar-refractivity contribution in [3.05, 3.63) is 29.6 Å². The lowest BCUT2D eigenvalue weighted by molar-refractivity contribution is -0.122. The van der Waals surface area contributed by atoms with E-state index in [1.165, 1.54) is 18.4 Å². The van der Waals surface area contributed by atoms with Crippen molar-refractivity contribution < 1.29 is 4.79 Å². The highest BCUT2D eigenvalue weighted by atomic mass is 16.1. The molecule has 0 bridgehead atoms. The van der Waals surface area contributed by atoms with Crippen LogP contribution in [-0.2, 0) is 11.2 Å². The highest BCUT2D eigenvalue weighted by Gasteiger charge is 2.20. The first-order valence-corrected chi connectivity index (χ1v) is 7.02. The second kappa shape index (κ2) is 6.66. The number of carbonyl (C=O) groups is 1. The lowest BCUT2D eigenvalue weighted by Gasteiger charge is -2.31. The molecular formula is C15H23N3O. The molecule has 1 aromatic heterocycles. The third kappa shape index (κ3) is 4.31. The number of likely N-dealkylation sites (N-methyl/N-ethyl adjacent to an activating group) is 1. The summed E-state index contributed by atoms with van der Waals surface area (Å²) >= 11 is 0. The van der Waals surface area contributed by atoms with Crippen LogP contribution in [0.3, 0.4) is 0 Å². The summed E-state index contributed by atoms with van der Waals surface area (Å²) in [7, 11) is 1.70. The van der Waals surface area contributed by atoms with Crippen molar-refractivity contribution in [2.45, 2.75) is 26.2 Å². The summed E-state index contributed by atoms with van der Waals surface area (Å²) in [6.45, 7) is 4.64. The van der Waals surface area contributed by atoms with Crippen LogP contribution in [0, 0.1) is 12.8 Å². The molecular weight excluding hydrogens is 238 g/mol. The van der Waals surface area contributed by atoms with Crippen molar-refractivity contribution in [2.24, 2.45) is 5.92 Å². The first-order valence-electron chi connectivity index (χ1n) is 7.02. The fourth-order valence-electron chi connectivity index (χ4n) is 2.70. The lowest BCUT2D eigenvalue weighted by atomic mass is 9.90. The van der Waals surface area contributed by atoms with E-state index in [1.807, 2.05) is 13.1 Å². The Hall–Kier alpha value is -1.42. The number of nitrogens with zero attached hydrogens (tertiary/aromatic N) is 2. The van der Waals surface area contributed by atoms with Gasteiger partial charge in [0.1, 0.15) is 0 Å². The third-order valence-corrected chi connectivity index (χ3v) is 3.84. The molecule has 1 aliphatic rings. The fourth-order valence-corrected chi connectivity index (χ4v) is 2.70. The monoisotopic (exact) mass is 261 g/mol. The molecule has 19 heavy (non-hydrogen) atoms. The molecule has 1 aliphatic heterocycles. The molecule has 1 fully saturated rings. The van der Waals surface area contributed by atoms with Gasteiger partial charge in [-0.3, -0.25) is 14.7 Å². The molecule has 104 valence electrons. The number of aryl methyl sites for hydroxylation is 1. The second-order valence-corrected chi connectivity index (χ2v) is 5.40. The van der Waals surface area contributed by atoms with Crippen molar-refractivity contribution in [1.82, 2.24) is 15.2 Å². The van der Waals surface area contributed by atoms with Crippen LogP contribution in [0.25, 0.3) is 0 Å². The Bertz CT molecular complexity index is 425. The van der Waals surface area contributed by atoms with E-state index in [2.05, 4.69) is 27.3 Å². The van der Waals surface area contributed by atoms with E-state index in [4.69, 9.17) is 0 Å². The van der Waals surface area contributed by atoms with Gasteiger partial charge in [-0.25, -0.2) is 0 Å². The SMILES string of the molecule is CNC(=O)CN1CCC(Cc2ccnc(C)c2)CC1. The van der Waals surface area contributed by atoms with Crippen LogP contribution in [0.4, 0.5) is 0 Å². The third-order valence-electron chi connectivity index (χ3n) is 3.84. The molecule has 0 unspecified atom stereocenters. The summed E-state index contributed by atoms with van der Waals surface area (Å²) in [5, 5.41) is 2.68. The quantitative estimate of drug-likeness (QED) is 0.891. The van der Waals surface area contributed by atoms with Gasteiger partial charge in [0, 0.05) is 18.9 Å². The van der Waals surface area contributed by atoms with Crippen molar-refractivity contribution in [3.63, 3.8) is 0 Å². The number of piperidine rings is 1. The number of pyridine rings is 1. The van der Waals surface area contributed by atoms with Gasteiger partial charge < -0.3 is 5.32 Å². The van der Waals surface area contributed by atoms with E-state index in [1.54, 1.807) is 7.05 Å². The van der Waals surface area contributed by atoms with Crippen LogP contribution in [0.2, 0.25) is 0 Å². The zero-order chi connectivity index (χ0) is 13.7. The normalized spacial score (nSPS) is 17.4. The fraction of sp³-hybridized carbons (Fsp3) is 0.600. The number of hydrogen-bond donors (Lipinski definition) is 1. The summed E-state index contributed by atoms with van der Waals surface area (Å²) in [5.41, 5.74) is 2.48. The number of carbonyl (C=O) groups excluding carboxylic acids is 1. The van der Waals surface area contributed by atoms with E-state index in [0.717, 1.165) is 31.1 Å². The van der Waals surface area contributed by atoms with Gasteiger partial charge in [-0.05, 0) is 62.9 Å².